The van der Waals surface area contributed by atoms with Crippen molar-refractivity contribution < 1.29 is 27.1 Å². The smallest absolute Gasteiger partial charge is 0.335 e. The van der Waals surface area contributed by atoms with Gasteiger partial charge in [-0.2, -0.15) is 0 Å². The van der Waals surface area contributed by atoms with Crippen molar-refractivity contribution in [1.29, 1.82) is 0 Å². The lowest BCUT2D eigenvalue weighted by Gasteiger charge is -2.30. The van der Waals surface area contributed by atoms with E-state index in [4.69, 9.17) is 5.11 Å². The molecule has 0 amide bonds. The van der Waals surface area contributed by atoms with Crippen LogP contribution in [0.1, 0.15) is 41.6 Å². The maximum Gasteiger partial charge on any atom is 0.335 e. The maximum absolute atomic E-state index is 13.7. The number of carbonyl (C=O) groups is 1. The maximum atomic E-state index is 13.7. The molecule has 0 radical (unpaired) electrons. The molecule has 1 fully saturated rings. The SMILES string of the molecule is O=C(O)c1ccc(CNS(=O)(=O)CC2CCCCC2(F)F)cc1. The lowest BCUT2D eigenvalue weighted by Crippen LogP contribution is -2.39. The summed E-state index contributed by atoms with van der Waals surface area (Å²) in [7, 11) is -3.82. The molecular weight excluding hydrogens is 328 g/mol. The van der Waals surface area contributed by atoms with Crippen molar-refractivity contribution in [3.8, 4) is 0 Å². The summed E-state index contributed by atoms with van der Waals surface area (Å²) < 4.78 is 53.8. The standard InChI is InChI=1S/C15H19F2NO4S/c16-15(17)8-2-1-3-13(15)10-23(21,22)18-9-11-4-6-12(7-5-11)14(19)20/h4-7,13,18H,1-3,8-10H2,(H,19,20). The number of nitrogens with one attached hydrogen (secondary N) is 1. The number of halogens is 2. The molecule has 0 aliphatic heterocycles. The highest BCUT2D eigenvalue weighted by molar-refractivity contribution is 7.89. The molecule has 1 unspecified atom stereocenters. The van der Waals surface area contributed by atoms with Gasteiger partial charge >= 0.3 is 5.97 Å². The third-order valence-corrected chi connectivity index (χ3v) is 5.45. The van der Waals surface area contributed by atoms with Crippen molar-refractivity contribution in [1.82, 2.24) is 4.72 Å². The van der Waals surface area contributed by atoms with Crippen LogP contribution in [0.15, 0.2) is 24.3 Å². The normalized spacial score (nSPS) is 21.0. The number of sulfonamides is 1. The van der Waals surface area contributed by atoms with Crippen LogP contribution in [0.4, 0.5) is 8.78 Å². The second-order valence-corrected chi connectivity index (χ2v) is 7.66. The zero-order chi connectivity index (χ0) is 17.1. The molecule has 8 heteroatoms. The van der Waals surface area contributed by atoms with E-state index in [0.29, 0.717) is 18.4 Å². The van der Waals surface area contributed by atoms with Gasteiger partial charge in [0.25, 0.3) is 5.92 Å². The molecule has 0 bridgehead atoms. The number of benzene rings is 1. The van der Waals surface area contributed by atoms with E-state index in [0.717, 1.165) is 0 Å². The summed E-state index contributed by atoms with van der Waals surface area (Å²) in [5.41, 5.74) is 0.660. The first-order valence-corrected chi connectivity index (χ1v) is 9.02. The fraction of sp³-hybridized carbons (Fsp3) is 0.533. The lowest BCUT2D eigenvalue weighted by atomic mass is 9.87. The Morgan fingerprint density at radius 3 is 2.48 bits per heavy atom. The van der Waals surface area contributed by atoms with Crippen LogP contribution in [-0.2, 0) is 16.6 Å². The molecule has 0 aromatic heterocycles. The molecule has 1 saturated carbocycles. The van der Waals surface area contributed by atoms with E-state index in [1.165, 1.54) is 24.3 Å². The Hall–Kier alpha value is -1.54. The van der Waals surface area contributed by atoms with Gasteiger partial charge in [0.2, 0.25) is 10.0 Å². The fourth-order valence-electron chi connectivity index (χ4n) is 2.65. The number of rotatable bonds is 6. The van der Waals surface area contributed by atoms with E-state index in [-0.39, 0.29) is 24.9 Å². The van der Waals surface area contributed by atoms with Crippen molar-refractivity contribution in [3.05, 3.63) is 35.4 Å². The summed E-state index contributed by atoms with van der Waals surface area (Å²) in [5.74, 6) is -5.75. The van der Waals surface area contributed by atoms with E-state index in [1.54, 1.807) is 0 Å². The van der Waals surface area contributed by atoms with Crippen LogP contribution < -0.4 is 4.72 Å². The molecule has 1 aliphatic rings. The van der Waals surface area contributed by atoms with Crippen LogP contribution in [0.2, 0.25) is 0 Å². The molecule has 5 nitrogen and oxygen atoms in total. The van der Waals surface area contributed by atoms with Gasteiger partial charge in [0.15, 0.2) is 0 Å². The van der Waals surface area contributed by atoms with E-state index in [2.05, 4.69) is 4.72 Å². The summed E-state index contributed by atoms with van der Waals surface area (Å²) in [6, 6.07) is 5.70. The van der Waals surface area contributed by atoms with Crippen LogP contribution >= 0.6 is 0 Å². The van der Waals surface area contributed by atoms with Gasteiger partial charge in [0, 0.05) is 18.9 Å². The first-order chi connectivity index (χ1) is 10.7. The van der Waals surface area contributed by atoms with Gasteiger partial charge in [-0.05, 0) is 30.5 Å². The Balaban J connectivity index is 1.94. The summed E-state index contributed by atoms with van der Waals surface area (Å²) in [6.07, 6.45) is 0.990. The van der Waals surface area contributed by atoms with Crippen molar-refractivity contribution in [2.24, 2.45) is 5.92 Å². The van der Waals surface area contributed by atoms with Crippen LogP contribution in [0.25, 0.3) is 0 Å². The average molecular weight is 347 g/mol. The number of hydrogen-bond acceptors (Lipinski definition) is 3. The molecule has 2 N–H and O–H groups in total. The van der Waals surface area contributed by atoms with Crippen LogP contribution in [0, 0.1) is 5.92 Å². The second-order valence-electron chi connectivity index (χ2n) is 5.81. The first kappa shape index (κ1) is 17.8. The summed E-state index contributed by atoms with van der Waals surface area (Å²) in [4.78, 5) is 10.7. The fourth-order valence-corrected chi connectivity index (χ4v) is 4.10. The molecule has 1 atom stereocenters. The topological polar surface area (TPSA) is 83.5 Å². The largest absolute Gasteiger partial charge is 0.478 e. The Morgan fingerprint density at radius 1 is 1.26 bits per heavy atom. The zero-order valence-corrected chi connectivity index (χ0v) is 13.3. The Morgan fingerprint density at radius 2 is 1.91 bits per heavy atom. The van der Waals surface area contributed by atoms with Crippen molar-refractivity contribution in [2.75, 3.05) is 5.75 Å². The number of alkyl halides is 2. The molecule has 128 valence electrons. The predicted octanol–water partition coefficient (Wildman–Crippen LogP) is 2.63. The van der Waals surface area contributed by atoms with E-state index in [9.17, 15) is 22.0 Å². The van der Waals surface area contributed by atoms with Crippen LogP contribution in [-0.4, -0.2) is 31.2 Å². The Kier molecular flexibility index (Phi) is 5.36. The molecular formula is C15H19F2NO4S. The third-order valence-electron chi connectivity index (χ3n) is 4.03. The van der Waals surface area contributed by atoms with Gasteiger partial charge in [-0.15, -0.1) is 0 Å². The van der Waals surface area contributed by atoms with Crippen molar-refractivity contribution >= 4 is 16.0 Å². The predicted molar refractivity (Wildman–Crippen MR) is 80.9 cm³/mol. The van der Waals surface area contributed by atoms with Crippen LogP contribution in [0.5, 0.6) is 0 Å². The number of carboxylic acids is 1. The van der Waals surface area contributed by atoms with E-state index < -0.39 is 33.6 Å². The van der Waals surface area contributed by atoms with Crippen molar-refractivity contribution in [3.63, 3.8) is 0 Å². The van der Waals surface area contributed by atoms with Gasteiger partial charge in [-0.1, -0.05) is 18.6 Å². The number of aromatic carboxylic acids is 1. The van der Waals surface area contributed by atoms with Gasteiger partial charge in [0.1, 0.15) is 0 Å². The highest BCUT2D eigenvalue weighted by Gasteiger charge is 2.43. The summed E-state index contributed by atoms with van der Waals surface area (Å²) in [6.45, 7) is -0.0550. The highest BCUT2D eigenvalue weighted by Crippen LogP contribution is 2.38. The molecule has 1 aliphatic carbocycles. The van der Waals surface area contributed by atoms with Gasteiger partial charge in [0.05, 0.1) is 11.3 Å². The molecule has 23 heavy (non-hydrogen) atoms. The minimum atomic E-state index is -3.82. The van der Waals surface area contributed by atoms with Gasteiger partial charge in [-0.3, -0.25) is 0 Å². The second kappa shape index (κ2) is 6.92. The zero-order valence-electron chi connectivity index (χ0n) is 12.5. The molecule has 1 aromatic carbocycles. The van der Waals surface area contributed by atoms with Crippen LogP contribution in [0.3, 0.4) is 0 Å². The minimum absolute atomic E-state index is 0.0550. The molecule has 2 rings (SSSR count). The quantitative estimate of drug-likeness (QED) is 0.829. The third kappa shape index (κ3) is 4.97. The molecule has 0 spiro atoms. The monoisotopic (exact) mass is 347 g/mol. The Bertz CT molecular complexity index is 659. The first-order valence-electron chi connectivity index (χ1n) is 7.37. The summed E-state index contributed by atoms with van der Waals surface area (Å²) in [5, 5.41) is 8.78. The Labute approximate surface area is 133 Å². The molecule has 0 saturated heterocycles. The molecule has 1 aromatic rings. The van der Waals surface area contributed by atoms with E-state index >= 15 is 0 Å². The van der Waals surface area contributed by atoms with Crippen molar-refractivity contribution in [2.45, 2.75) is 38.2 Å². The summed E-state index contributed by atoms with van der Waals surface area (Å²) >= 11 is 0. The van der Waals surface area contributed by atoms with E-state index in [1.807, 2.05) is 0 Å². The molecule has 0 heterocycles. The number of hydrogen-bond donors (Lipinski definition) is 2. The minimum Gasteiger partial charge on any atom is -0.478 e. The highest BCUT2D eigenvalue weighted by atomic mass is 32.2. The lowest BCUT2D eigenvalue weighted by molar-refractivity contribution is -0.0771. The van der Waals surface area contributed by atoms with Gasteiger partial charge < -0.3 is 5.11 Å². The van der Waals surface area contributed by atoms with Gasteiger partial charge in [-0.25, -0.2) is 26.7 Å². The average Bonchev–Trinajstić information content (AvgIpc) is 2.48. The number of carboxylic acid groups (broad SMARTS) is 1.